The maximum Gasteiger partial charge on any atom is 0.248 e. The van der Waals surface area contributed by atoms with E-state index >= 15 is 0 Å². The first-order valence-electron chi connectivity index (χ1n) is 8.74. The normalized spacial score (nSPS) is 12.3. The predicted molar refractivity (Wildman–Crippen MR) is 109 cm³/mol. The second kappa shape index (κ2) is 8.43. The van der Waals surface area contributed by atoms with Crippen molar-refractivity contribution in [2.24, 2.45) is 0 Å². The zero-order valence-electron chi connectivity index (χ0n) is 16.3. The highest BCUT2D eigenvalue weighted by molar-refractivity contribution is 7.92. The number of carbonyl (C=O) groups is 1. The van der Waals surface area contributed by atoms with E-state index in [4.69, 9.17) is 4.74 Å². The lowest BCUT2D eigenvalue weighted by Crippen LogP contribution is -2.45. The molecule has 0 saturated carbocycles. The summed E-state index contributed by atoms with van der Waals surface area (Å²) < 4.78 is 31.5. The summed E-state index contributed by atoms with van der Waals surface area (Å²) in [6.07, 6.45) is 1.10. The Morgan fingerprint density at radius 3 is 2.30 bits per heavy atom. The van der Waals surface area contributed by atoms with Crippen LogP contribution in [0.2, 0.25) is 0 Å². The van der Waals surface area contributed by atoms with Crippen LogP contribution in [0.3, 0.4) is 0 Å². The Morgan fingerprint density at radius 1 is 1.15 bits per heavy atom. The van der Waals surface area contributed by atoms with E-state index in [9.17, 15) is 13.2 Å². The van der Waals surface area contributed by atoms with Crippen molar-refractivity contribution in [1.82, 2.24) is 0 Å². The molecule has 1 N–H and O–H groups in total. The summed E-state index contributed by atoms with van der Waals surface area (Å²) in [6, 6.07) is 11.6. The lowest BCUT2D eigenvalue weighted by Gasteiger charge is -2.29. The van der Waals surface area contributed by atoms with Gasteiger partial charge in [0.05, 0.1) is 24.2 Å². The van der Waals surface area contributed by atoms with Gasteiger partial charge in [-0.25, -0.2) is 8.42 Å². The third-order valence-corrected chi connectivity index (χ3v) is 5.24. The molecule has 2 aromatic carbocycles. The monoisotopic (exact) mass is 390 g/mol. The molecule has 0 fully saturated rings. The second-order valence-electron chi connectivity index (χ2n) is 6.50. The topological polar surface area (TPSA) is 75.7 Å². The number of hydrogen-bond donors (Lipinski definition) is 1. The molecule has 0 aliphatic rings. The van der Waals surface area contributed by atoms with Crippen molar-refractivity contribution >= 4 is 27.3 Å². The number of nitrogens with one attached hydrogen (secondary N) is 1. The van der Waals surface area contributed by atoms with Crippen LogP contribution in [0.1, 0.15) is 25.0 Å². The maximum atomic E-state index is 12.8. The molecule has 27 heavy (non-hydrogen) atoms. The number of rotatable bonds is 7. The first-order valence-corrected chi connectivity index (χ1v) is 10.6. The number of para-hydroxylation sites is 2. The van der Waals surface area contributed by atoms with Crippen LogP contribution in [0.5, 0.6) is 5.75 Å². The van der Waals surface area contributed by atoms with Crippen molar-refractivity contribution in [3.63, 3.8) is 0 Å². The molecule has 7 heteroatoms. The van der Waals surface area contributed by atoms with Gasteiger partial charge < -0.3 is 10.1 Å². The summed E-state index contributed by atoms with van der Waals surface area (Å²) in [5.74, 6) is 0.101. The average Bonchev–Trinajstić information content (AvgIpc) is 2.54. The number of aryl methyl sites for hydroxylation is 2. The molecule has 146 valence electrons. The molecule has 0 aliphatic carbocycles. The number of carbonyl (C=O) groups excluding carboxylic acids is 1. The van der Waals surface area contributed by atoms with E-state index in [0.29, 0.717) is 23.7 Å². The van der Waals surface area contributed by atoms with Crippen molar-refractivity contribution in [2.45, 2.75) is 33.7 Å². The van der Waals surface area contributed by atoms with Gasteiger partial charge in [-0.3, -0.25) is 9.10 Å². The highest BCUT2D eigenvalue weighted by Gasteiger charge is 2.29. The van der Waals surface area contributed by atoms with Crippen LogP contribution in [0, 0.1) is 13.8 Å². The highest BCUT2D eigenvalue weighted by Crippen LogP contribution is 2.27. The molecule has 1 amide bonds. The number of benzene rings is 2. The summed E-state index contributed by atoms with van der Waals surface area (Å²) in [5, 5.41) is 2.78. The Balaban J connectivity index is 2.36. The van der Waals surface area contributed by atoms with Gasteiger partial charge in [0, 0.05) is 0 Å². The molecule has 6 nitrogen and oxygen atoms in total. The quantitative estimate of drug-likeness (QED) is 0.785. The molecular formula is C20H26N2O4S. The Morgan fingerprint density at radius 2 is 1.74 bits per heavy atom. The summed E-state index contributed by atoms with van der Waals surface area (Å²) in [4.78, 5) is 12.8. The van der Waals surface area contributed by atoms with E-state index in [1.54, 1.807) is 37.3 Å². The van der Waals surface area contributed by atoms with Gasteiger partial charge in [-0.05, 0) is 63.1 Å². The minimum absolute atomic E-state index is 0.438. The fraction of sp³-hybridized carbons (Fsp3) is 0.350. The van der Waals surface area contributed by atoms with E-state index in [-0.39, 0.29) is 0 Å². The minimum Gasteiger partial charge on any atom is -0.492 e. The van der Waals surface area contributed by atoms with E-state index in [1.807, 2.05) is 32.9 Å². The molecule has 0 bridgehead atoms. The molecule has 0 saturated heterocycles. The zero-order chi connectivity index (χ0) is 20.2. The molecule has 0 spiro atoms. The van der Waals surface area contributed by atoms with Crippen molar-refractivity contribution in [1.29, 1.82) is 0 Å². The zero-order valence-corrected chi connectivity index (χ0v) is 17.1. The summed E-state index contributed by atoms with van der Waals surface area (Å²) in [5.41, 5.74) is 2.82. The van der Waals surface area contributed by atoms with Crippen LogP contribution < -0.4 is 14.4 Å². The van der Waals surface area contributed by atoms with Gasteiger partial charge in [0.25, 0.3) is 0 Å². The first-order chi connectivity index (χ1) is 12.6. The van der Waals surface area contributed by atoms with E-state index < -0.39 is 22.0 Å². The van der Waals surface area contributed by atoms with Crippen LogP contribution in [0.25, 0.3) is 0 Å². The van der Waals surface area contributed by atoms with Crippen LogP contribution >= 0.6 is 0 Å². The minimum atomic E-state index is -3.67. The molecule has 2 aromatic rings. The van der Waals surface area contributed by atoms with Crippen LogP contribution in [-0.4, -0.2) is 33.2 Å². The third kappa shape index (κ3) is 5.23. The van der Waals surface area contributed by atoms with Crippen LogP contribution in [0.4, 0.5) is 11.4 Å². The van der Waals surface area contributed by atoms with Crippen LogP contribution in [-0.2, 0) is 14.8 Å². The van der Waals surface area contributed by atoms with Gasteiger partial charge in [0.15, 0.2) is 0 Å². The lowest BCUT2D eigenvalue weighted by atomic mass is 10.1. The smallest absolute Gasteiger partial charge is 0.248 e. The Labute approximate surface area is 161 Å². The lowest BCUT2D eigenvalue weighted by molar-refractivity contribution is -0.116. The van der Waals surface area contributed by atoms with Gasteiger partial charge >= 0.3 is 0 Å². The molecule has 1 atom stereocenters. The highest BCUT2D eigenvalue weighted by atomic mass is 32.2. The number of anilines is 2. The molecular weight excluding hydrogens is 364 g/mol. The predicted octanol–water partition coefficient (Wildman–Crippen LogP) is 3.50. The SMILES string of the molecule is CCOc1ccccc1NC(=O)C(C)N(c1cc(C)cc(C)c1)S(C)(=O)=O. The number of amides is 1. The average molecular weight is 391 g/mol. The maximum absolute atomic E-state index is 12.8. The number of nitrogens with zero attached hydrogens (tertiary/aromatic N) is 1. The van der Waals surface area contributed by atoms with Gasteiger partial charge in [-0.15, -0.1) is 0 Å². The largest absolute Gasteiger partial charge is 0.492 e. The van der Waals surface area contributed by atoms with Gasteiger partial charge in [0.2, 0.25) is 15.9 Å². The van der Waals surface area contributed by atoms with Gasteiger partial charge in [0.1, 0.15) is 11.8 Å². The first kappa shape index (κ1) is 20.8. The van der Waals surface area contributed by atoms with Crippen molar-refractivity contribution < 1.29 is 17.9 Å². The summed E-state index contributed by atoms with van der Waals surface area (Å²) >= 11 is 0. The molecule has 1 unspecified atom stereocenters. The van der Waals surface area contributed by atoms with Crippen molar-refractivity contribution in [3.05, 3.63) is 53.6 Å². The second-order valence-corrected chi connectivity index (χ2v) is 8.36. The van der Waals surface area contributed by atoms with Crippen LogP contribution in [0.15, 0.2) is 42.5 Å². The van der Waals surface area contributed by atoms with E-state index in [0.717, 1.165) is 21.7 Å². The van der Waals surface area contributed by atoms with E-state index in [2.05, 4.69) is 5.32 Å². The molecule has 0 heterocycles. The molecule has 0 aliphatic heterocycles. The fourth-order valence-corrected chi connectivity index (χ4v) is 4.13. The number of sulfonamides is 1. The number of ether oxygens (including phenoxy) is 1. The Hall–Kier alpha value is -2.54. The van der Waals surface area contributed by atoms with Gasteiger partial charge in [-0.2, -0.15) is 0 Å². The van der Waals surface area contributed by atoms with Crippen molar-refractivity contribution in [3.8, 4) is 5.75 Å². The standard InChI is InChI=1S/C20H26N2O4S/c1-6-26-19-10-8-7-9-18(19)21-20(23)16(4)22(27(5,24)25)17-12-14(2)11-15(3)13-17/h7-13,16H,6H2,1-5H3,(H,21,23). The third-order valence-electron chi connectivity index (χ3n) is 3.99. The van der Waals surface area contributed by atoms with Crippen molar-refractivity contribution in [2.75, 3.05) is 22.5 Å². The molecule has 2 rings (SSSR count). The summed E-state index contributed by atoms with van der Waals surface area (Å²) in [6.45, 7) is 7.66. The Kier molecular flexibility index (Phi) is 6.49. The van der Waals surface area contributed by atoms with E-state index in [1.165, 1.54) is 0 Å². The van der Waals surface area contributed by atoms with Gasteiger partial charge in [-0.1, -0.05) is 18.2 Å². The fourth-order valence-electron chi connectivity index (χ4n) is 2.98. The summed E-state index contributed by atoms with van der Waals surface area (Å²) in [7, 11) is -3.67. The molecule has 0 radical (unpaired) electrons. The Bertz CT molecular complexity index is 905. The molecule has 0 aromatic heterocycles. The number of hydrogen-bond acceptors (Lipinski definition) is 4.